The number of hydrogen-bond acceptors (Lipinski definition) is 3. The van der Waals surface area contributed by atoms with E-state index >= 15 is 0 Å². The second-order valence-corrected chi connectivity index (χ2v) is 7.47. The van der Waals surface area contributed by atoms with Crippen LogP contribution in [0.15, 0.2) is 48.7 Å². The molecule has 0 spiro atoms. The Labute approximate surface area is 163 Å². The lowest BCUT2D eigenvalue weighted by atomic mass is 10.0. The summed E-state index contributed by atoms with van der Waals surface area (Å²) in [6.45, 7) is 4.98. The topological polar surface area (TPSA) is 59.6 Å². The van der Waals surface area contributed by atoms with E-state index in [0.717, 1.165) is 45.8 Å². The predicted molar refractivity (Wildman–Crippen MR) is 109 cm³/mol. The first-order valence-electron chi connectivity index (χ1n) is 9.08. The van der Waals surface area contributed by atoms with Crippen molar-refractivity contribution >= 4 is 34.2 Å². The van der Waals surface area contributed by atoms with Crippen LogP contribution in [0.1, 0.15) is 17.2 Å². The molecule has 0 radical (unpaired) electrons. The van der Waals surface area contributed by atoms with Gasteiger partial charge in [-0.15, -0.1) is 0 Å². The van der Waals surface area contributed by atoms with Crippen molar-refractivity contribution in [3.05, 3.63) is 64.8 Å². The fourth-order valence-corrected chi connectivity index (χ4v) is 3.98. The third kappa shape index (κ3) is 3.53. The molecule has 2 aromatic carbocycles. The number of carbonyl (C=O) groups is 1. The second-order valence-electron chi connectivity index (χ2n) is 7.03. The minimum absolute atomic E-state index is 0.645. The molecule has 6 heteroatoms. The highest BCUT2D eigenvalue weighted by atomic mass is 35.5. The number of carboxylic acid groups (broad SMARTS) is 1. The average molecular weight is 384 g/mol. The molecule has 140 valence electrons. The van der Waals surface area contributed by atoms with Gasteiger partial charge in [-0.25, -0.2) is 0 Å². The quantitative estimate of drug-likeness (QED) is 0.712. The molecule has 1 atom stereocenters. The van der Waals surface area contributed by atoms with Crippen molar-refractivity contribution in [1.82, 2.24) is 9.88 Å². The number of aliphatic carboxylic acids is 1. The van der Waals surface area contributed by atoms with Crippen LogP contribution in [0.25, 0.3) is 10.9 Å². The van der Waals surface area contributed by atoms with Gasteiger partial charge in [-0.05, 0) is 43.3 Å². The smallest absolute Gasteiger partial charge is 0.325 e. The summed E-state index contributed by atoms with van der Waals surface area (Å²) in [6.07, 6.45) is 1.84. The van der Waals surface area contributed by atoms with E-state index in [9.17, 15) is 9.90 Å². The summed E-state index contributed by atoms with van der Waals surface area (Å²) in [5.41, 5.74) is 4.05. The molecule has 0 bridgehead atoms. The van der Waals surface area contributed by atoms with Gasteiger partial charge in [0.2, 0.25) is 0 Å². The molecule has 0 aliphatic carbocycles. The number of aryl methyl sites for hydroxylation is 1. The molecule has 1 aliphatic rings. The summed E-state index contributed by atoms with van der Waals surface area (Å²) in [5.74, 6) is -0.808. The van der Waals surface area contributed by atoms with E-state index in [-0.39, 0.29) is 0 Å². The van der Waals surface area contributed by atoms with Crippen LogP contribution in [-0.2, 0) is 4.79 Å². The highest BCUT2D eigenvalue weighted by Gasteiger charge is 2.32. The monoisotopic (exact) mass is 383 g/mol. The summed E-state index contributed by atoms with van der Waals surface area (Å²) in [4.78, 5) is 19.7. The molecule has 3 aromatic rings. The number of aromatic amines is 1. The number of hydrogen-bond donors (Lipinski definition) is 2. The van der Waals surface area contributed by atoms with Crippen LogP contribution >= 0.6 is 11.6 Å². The molecule has 1 saturated heterocycles. The van der Waals surface area contributed by atoms with Crippen molar-refractivity contribution in [2.24, 2.45) is 0 Å². The van der Waals surface area contributed by atoms with Crippen molar-refractivity contribution in [2.75, 3.05) is 31.1 Å². The number of rotatable bonds is 4. The molecule has 1 aromatic heterocycles. The van der Waals surface area contributed by atoms with E-state index in [2.05, 4.69) is 20.9 Å². The van der Waals surface area contributed by atoms with Gasteiger partial charge in [0.25, 0.3) is 0 Å². The van der Waals surface area contributed by atoms with Gasteiger partial charge in [0.1, 0.15) is 6.04 Å². The van der Waals surface area contributed by atoms with Gasteiger partial charge >= 0.3 is 5.97 Å². The molecule has 4 rings (SSSR count). The van der Waals surface area contributed by atoms with E-state index in [0.29, 0.717) is 13.1 Å². The molecule has 27 heavy (non-hydrogen) atoms. The maximum Gasteiger partial charge on any atom is 0.325 e. The first-order chi connectivity index (χ1) is 13.0. The molecule has 1 aliphatic heterocycles. The highest BCUT2D eigenvalue weighted by molar-refractivity contribution is 6.30. The zero-order valence-corrected chi connectivity index (χ0v) is 15.9. The van der Waals surface area contributed by atoms with Gasteiger partial charge in [-0.2, -0.15) is 0 Å². The Morgan fingerprint density at radius 1 is 1.11 bits per heavy atom. The Kier molecular flexibility index (Phi) is 4.81. The largest absolute Gasteiger partial charge is 0.480 e. The maximum absolute atomic E-state index is 12.1. The number of halogens is 1. The molecule has 2 N–H and O–H groups in total. The molecule has 5 nitrogen and oxygen atoms in total. The average Bonchev–Trinajstić information content (AvgIpc) is 3.06. The van der Waals surface area contributed by atoms with E-state index in [1.807, 2.05) is 49.5 Å². The Morgan fingerprint density at radius 2 is 1.81 bits per heavy atom. The number of anilines is 1. The molecule has 1 fully saturated rings. The molecular formula is C21H22ClN3O2. The molecule has 1 unspecified atom stereocenters. The molecule has 2 heterocycles. The zero-order valence-electron chi connectivity index (χ0n) is 15.2. The van der Waals surface area contributed by atoms with E-state index in [1.165, 1.54) is 0 Å². The van der Waals surface area contributed by atoms with E-state index in [4.69, 9.17) is 11.6 Å². The third-order valence-electron chi connectivity index (χ3n) is 5.27. The number of carboxylic acids is 1. The van der Waals surface area contributed by atoms with Crippen molar-refractivity contribution in [1.29, 1.82) is 0 Å². The van der Waals surface area contributed by atoms with Crippen molar-refractivity contribution in [2.45, 2.75) is 13.0 Å². The summed E-state index contributed by atoms with van der Waals surface area (Å²) in [6, 6.07) is 13.2. The summed E-state index contributed by atoms with van der Waals surface area (Å²) in [7, 11) is 0. The van der Waals surface area contributed by atoms with Gasteiger partial charge in [-0.3, -0.25) is 9.69 Å². The molecule has 0 amide bonds. The second kappa shape index (κ2) is 7.25. The van der Waals surface area contributed by atoms with E-state index in [1.54, 1.807) is 0 Å². The first kappa shape index (κ1) is 17.9. The standard InChI is InChI=1S/C21H22ClN3O2/c1-14-2-7-19-17(12-14)18(13-23-19)20(21(26)27)25-10-8-24(9-11-25)16-5-3-15(22)4-6-16/h2-7,12-13,20,23H,8-11H2,1H3,(H,26,27). The van der Waals surface area contributed by atoms with Crippen LogP contribution in [-0.4, -0.2) is 47.1 Å². The number of H-pyrrole nitrogens is 1. The maximum atomic E-state index is 12.1. The van der Waals surface area contributed by atoms with Gasteiger partial charge in [0.15, 0.2) is 0 Å². The normalized spacial score (nSPS) is 16.6. The van der Waals surface area contributed by atoms with Gasteiger partial charge < -0.3 is 15.0 Å². The minimum Gasteiger partial charge on any atom is -0.480 e. The van der Waals surface area contributed by atoms with Gasteiger partial charge in [-0.1, -0.05) is 23.2 Å². The fraction of sp³-hybridized carbons (Fsp3) is 0.286. The highest BCUT2D eigenvalue weighted by Crippen LogP contribution is 2.31. The van der Waals surface area contributed by atoms with Gasteiger partial charge in [0.05, 0.1) is 0 Å². The predicted octanol–water partition coefficient (Wildman–Crippen LogP) is 4.08. The molecule has 0 saturated carbocycles. The minimum atomic E-state index is -0.808. The third-order valence-corrected chi connectivity index (χ3v) is 5.52. The fourth-order valence-electron chi connectivity index (χ4n) is 3.86. The number of benzene rings is 2. The Bertz CT molecular complexity index is 959. The zero-order chi connectivity index (χ0) is 19.0. The van der Waals surface area contributed by atoms with Crippen molar-refractivity contribution < 1.29 is 9.90 Å². The van der Waals surface area contributed by atoms with Crippen LogP contribution in [0.4, 0.5) is 5.69 Å². The summed E-state index contributed by atoms with van der Waals surface area (Å²) < 4.78 is 0. The number of nitrogens with one attached hydrogen (secondary N) is 1. The SMILES string of the molecule is Cc1ccc2[nH]cc(C(C(=O)O)N3CCN(c4ccc(Cl)cc4)CC3)c2c1. The lowest BCUT2D eigenvalue weighted by Crippen LogP contribution is -2.49. The first-order valence-corrected chi connectivity index (χ1v) is 9.46. The molecular weight excluding hydrogens is 362 g/mol. The summed E-state index contributed by atoms with van der Waals surface area (Å²) >= 11 is 5.97. The number of piperazine rings is 1. The lowest BCUT2D eigenvalue weighted by Gasteiger charge is -2.38. The van der Waals surface area contributed by atoms with Crippen LogP contribution in [0, 0.1) is 6.92 Å². The Morgan fingerprint density at radius 3 is 2.48 bits per heavy atom. The number of nitrogens with zero attached hydrogens (tertiary/aromatic N) is 2. The van der Waals surface area contributed by atoms with Crippen LogP contribution in [0.3, 0.4) is 0 Å². The number of aromatic nitrogens is 1. The van der Waals surface area contributed by atoms with Gasteiger partial charge in [0, 0.05) is 59.6 Å². The van der Waals surface area contributed by atoms with Crippen LogP contribution < -0.4 is 4.90 Å². The van der Waals surface area contributed by atoms with Crippen molar-refractivity contribution in [3.63, 3.8) is 0 Å². The van der Waals surface area contributed by atoms with Crippen LogP contribution in [0.2, 0.25) is 5.02 Å². The van der Waals surface area contributed by atoms with Crippen molar-refractivity contribution in [3.8, 4) is 0 Å². The van der Waals surface area contributed by atoms with E-state index < -0.39 is 12.0 Å². The number of fused-ring (bicyclic) bond motifs is 1. The van der Waals surface area contributed by atoms with Crippen LogP contribution in [0.5, 0.6) is 0 Å². The Hall–Kier alpha value is -2.50. The summed E-state index contributed by atoms with van der Waals surface area (Å²) in [5, 5.41) is 11.7. The lowest BCUT2D eigenvalue weighted by molar-refractivity contribution is -0.143. The Balaban J connectivity index is 1.56.